The first-order chi connectivity index (χ1) is 17.1. The predicted molar refractivity (Wildman–Crippen MR) is 143 cm³/mol. The molecule has 1 aliphatic carbocycles. The Kier molecular flexibility index (Phi) is 7.40. The zero-order valence-electron chi connectivity index (χ0n) is 20.1. The molecule has 1 aliphatic heterocycles. The smallest absolute Gasteiger partial charge is 0.163 e. The number of para-hydroxylation sites is 1. The molecule has 5 heteroatoms. The number of phenolic OH excluding ortho intramolecular Hbond substituents is 1. The highest BCUT2D eigenvalue weighted by atomic mass is 35.5. The molecule has 1 heterocycles. The number of halogens is 1. The maximum atomic E-state index is 13.1. The molecule has 3 aromatic rings. The van der Waals surface area contributed by atoms with Gasteiger partial charge in [-0.2, -0.15) is 0 Å². The monoisotopic (exact) mass is 488 g/mol. The lowest BCUT2D eigenvalue weighted by atomic mass is 9.91. The van der Waals surface area contributed by atoms with Crippen LogP contribution in [0.15, 0.2) is 72.8 Å². The van der Waals surface area contributed by atoms with E-state index in [1.165, 1.54) is 31.4 Å². The third-order valence-electron chi connectivity index (χ3n) is 7.58. The van der Waals surface area contributed by atoms with Crippen LogP contribution in [-0.4, -0.2) is 42.0 Å². The fourth-order valence-electron chi connectivity index (χ4n) is 5.67. The van der Waals surface area contributed by atoms with Gasteiger partial charge in [0.2, 0.25) is 0 Å². The summed E-state index contributed by atoms with van der Waals surface area (Å²) in [6.45, 7) is 3.46. The highest BCUT2D eigenvalue weighted by Crippen LogP contribution is 2.36. The number of piperazine rings is 1. The van der Waals surface area contributed by atoms with E-state index in [4.69, 9.17) is 11.6 Å². The maximum Gasteiger partial charge on any atom is 0.163 e. The average molecular weight is 489 g/mol. The summed E-state index contributed by atoms with van der Waals surface area (Å²) in [4.78, 5) is 17.9. The minimum atomic E-state index is -0.109. The van der Waals surface area contributed by atoms with E-state index in [9.17, 15) is 9.90 Å². The van der Waals surface area contributed by atoms with Crippen molar-refractivity contribution in [1.82, 2.24) is 4.90 Å². The van der Waals surface area contributed by atoms with Gasteiger partial charge in [0.1, 0.15) is 5.75 Å². The molecule has 4 nitrogen and oxygen atoms in total. The number of Topliss-reactive ketones (excluding diaryl/α,β-unsaturated/α-hetero) is 1. The number of carbonyl (C=O) groups excluding carboxylic acids is 1. The highest BCUT2D eigenvalue weighted by Gasteiger charge is 2.29. The van der Waals surface area contributed by atoms with E-state index in [1.807, 2.05) is 42.5 Å². The molecule has 0 radical (unpaired) electrons. The van der Waals surface area contributed by atoms with Gasteiger partial charge in [-0.1, -0.05) is 73.7 Å². The van der Waals surface area contributed by atoms with Gasteiger partial charge >= 0.3 is 0 Å². The van der Waals surface area contributed by atoms with Crippen molar-refractivity contribution in [2.24, 2.45) is 5.92 Å². The number of nitrogens with zero attached hydrogens (tertiary/aromatic N) is 2. The summed E-state index contributed by atoms with van der Waals surface area (Å²) in [7, 11) is 0. The number of hydrogen-bond donors (Lipinski definition) is 1. The summed E-state index contributed by atoms with van der Waals surface area (Å²) in [5.74, 6) is 1.06. The second kappa shape index (κ2) is 10.8. The van der Waals surface area contributed by atoms with E-state index in [0.29, 0.717) is 18.1 Å². The van der Waals surface area contributed by atoms with Gasteiger partial charge in [0.25, 0.3) is 0 Å². The van der Waals surface area contributed by atoms with Crippen LogP contribution in [0.5, 0.6) is 5.75 Å². The zero-order valence-corrected chi connectivity index (χ0v) is 20.8. The van der Waals surface area contributed by atoms with Crippen LogP contribution in [0.25, 0.3) is 0 Å². The molecule has 0 bridgehead atoms. The number of hydrogen-bond acceptors (Lipinski definition) is 4. The van der Waals surface area contributed by atoms with Crippen molar-refractivity contribution in [3.63, 3.8) is 0 Å². The molecule has 2 aliphatic rings. The Bertz CT molecular complexity index is 1150. The Hall–Kier alpha value is -2.82. The second-order valence-corrected chi connectivity index (χ2v) is 10.3. The van der Waals surface area contributed by atoms with Crippen LogP contribution in [0.4, 0.5) is 5.69 Å². The largest absolute Gasteiger partial charge is 0.508 e. The Morgan fingerprint density at radius 1 is 0.914 bits per heavy atom. The molecule has 3 aromatic carbocycles. The van der Waals surface area contributed by atoms with Crippen LogP contribution in [0.3, 0.4) is 0 Å². The molecule has 1 saturated carbocycles. The van der Waals surface area contributed by atoms with Gasteiger partial charge in [-0.05, 0) is 47.9 Å². The molecule has 1 atom stereocenters. The van der Waals surface area contributed by atoms with Gasteiger partial charge in [-0.3, -0.25) is 9.69 Å². The first-order valence-corrected chi connectivity index (χ1v) is 13.1. The number of anilines is 1. The van der Waals surface area contributed by atoms with Crippen LogP contribution in [0, 0.1) is 5.92 Å². The van der Waals surface area contributed by atoms with Gasteiger partial charge in [-0.15, -0.1) is 0 Å². The fourth-order valence-corrected chi connectivity index (χ4v) is 5.80. The van der Waals surface area contributed by atoms with E-state index in [0.717, 1.165) is 47.9 Å². The van der Waals surface area contributed by atoms with Crippen LogP contribution < -0.4 is 4.90 Å². The van der Waals surface area contributed by atoms with E-state index >= 15 is 0 Å². The molecule has 5 rings (SSSR count). The third-order valence-corrected chi connectivity index (χ3v) is 7.83. The van der Waals surface area contributed by atoms with Gasteiger partial charge in [0, 0.05) is 54.4 Å². The molecule has 0 amide bonds. The summed E-state index contributed by atoms with van der Waals surface area (Å²) in [5.41, 5.74) is 3.90. The van der Waals surface area contributed by atoms with Gasteiger partial charge in [-0.25, -0.2) is 0 Å². The van der Waals surface area contributed by atoms with Crippen LogP contribution in [-0.2, 0) is 0 Å². The lowest BCUT2D eigenvalue weighted by molar-refractivity contribution is 0.0962. The molecular weight excluding hydrogens is 456 g/mol. The van der Waals surface area contributed by atoms with E-state index in [2.05, 4.69) is 34.1 Å². The van der Waals surface area contributed by atoms with Crippen LogP contribution in [0.1, 0.15) is 59.6 Å². The topological polar surface area (TPSA) is 43.8 Å². The Morgan fingerprint density at radius 2 is 1.63 bits per heavy atom. The van der Waals surface area contributed by atoms with Crippen molar-refractivity contribution in [2.75, 3.05) is 31.1 Å². The SMILES string of the molecule is O=C(CC1CCCC1)c1cccc(C(c2ccccc2O)N2CCN(c3ccc(Cl)cc3)CC2)c1. The standard InChI is InChI=1S/C30H33ClN2O2/c31-25-12-14-26(15-13-25)32-16-18-33(19-17-32)30(27-10-3-4-11-28(27)34)24-9-5-8-23(21-24)29(35)20-22-6-1-2-7-22/h3-5,8-15,21-22,30,34H,1-2,6-7,16-20H2. The van der Waals surface area contributed by atoms with E-state index < -0.39 is 0 Å². The van der Waals surface area contributed by atoms with Crippen molar-refractivity contribution in [3.8, 4) is 5.75 Å². The van der Waals surface area contributed by atoms with Crippen LogP contribution in [0.2, 0.25) is 5.02 Å². The summed E-state index contributed by atoms with van der Waals surface area (Å²) < 4.78 is 0. The lowest BCUT2D eigenvalue weighted by Gasteiger charge is -2.41. The Labute approximate surface area is 213 Å². The Morgan fingerprint density at radius 3 is 2.34 bits per heavy atom. The highest BCUT2D eigenvalue weighted by molar-refractivity contribution is 6.30. The van der Waals surface area contributed by atoms with E-state index in [-0.39, 0.29) is 11.8 Å². The average Bonchev–Trinajstić information content (AvgIpc) is 3.40. The summed E-state index contributed by atoms with van der Waals surface area (Å²) in [6, 6.07) is 23.6. The van der Waals surface area contributed by atoms with Gasteiger partial charge < -0.3 is 10.0 Å². The second-order valence-electron chi connectivity index (χ2n) is 9.86. The van der Waals surface area contributed by atoms with Crippen molar-refractivity contribution >= 4 is 23.1 Å². The molecule has 1 saturated heterocycles. The van der Waals surface area contributed by atoms with Gasteiger partial charge in [0.15, 0.2) is 5.78 Å². The van der Waals surface area contributed by atoms with Gasteiger partial charge in [0.05, 0.1) is 6.04 Å². The number of carbonyl (C=O) groups is 1. The van der Waals surface area contributed by atoms with Crippen molar-refractivity contribution in [1.29, 1.82) is 0 Å². The summed E-state index contributed by atoms with van der Waals surface area (Å²) in [5, 5.41) is 11.5. The number of phenols is 1. The molecule has 0 spiro atoms. The predicted octanol–water partition coefficient (Wildman–Crippen LogP) is 6.72. The fraction of sp³-hybridized carbons (Fsp3) is 0.367. The Balaban J connectivity index is 1.39. The molecule has 1 unspecified atom stereocenters. The maximum absolute atomic E-state index is 13.1. The number of rotatable bonds is 7. The normalized spacial score (nSPS) is 18.0. The molecule has 1 N–H and O–H groups in total. The lowest BCUT2D eigenvalue weighted by Crippen LogP contribution is -2.48. The molecule has 0 aromatic heterocycles. The first-order valence-electron chi connectivity index (χ1n) is 12.7. The van der Waals surface area contributed by atoms with E-state index in [1.54, 1.807) is 6.07 Å². The van der Waals surface area contributed by atoms with Crippen molar-refractivity contribution in [2.45, 2.75) is 38.1 Å². The molecule has 2 fully saturated rings. The minimum absolute atomic E-state index is 0.109. The minimum Gasteiger partial charge on any atom is -0.508 e. The number of aromatic hydroxyl groups is 1. The van der Waals surface area contributed by atoms with Crippen molar-refractivity contribution in [3.05, 3.63) is 94.5 Å². The molecule has 35 heavy (non-hydrogen) atoms. The molecular formula is C30H33ClN2O2. The number of benzene rings is 3. The van der Waals surface area contributed by atoms with Crippen LogP contribution >= 0.6 is 11.6 Å². The summed E-state index contributed by atoms with van der Waals surface area (Å²) >= 11 is 6.07. The van der Waals surface area contributed by atoms with Crippen molar-refractivity contribution < 1.29 is 9.90 Å². The zero-order chi connectivity index (χ0) is 24.2. The quantitative estimate of drug-likeness (QED) is 0.375. The third kappa shape index (κ3) is 5.55. The molecule has 182 valence electrons. The summed E-state index contributed by atoms with van der Waals surface area (Å²) in [6.07, 6.45) is 5.48. The number of ketones is 1. The first kappa shape index (κ1) is 23.9.